The van der Waals surface area contributed by atoms with E-state index in [0.717, 1.165) is 0 Å². The Labute approximate surface area is 386 Å². The van der Waals surface area contributed by atoms with E-state index in [4.69, 9.17) is 4.79 Å². The van der Waals surface area contributed by atoms with Crippen LogP contribution in [-0.2, 0) is 24.3 Å². The van der Waals surface area contributed by atoms with Gasteiger partial charge in [0.25, 0.3) is 0 Å². The molecule has 6 heteroatoms. The number of halogens is 1. The monoisotopic (exact) mass is 954 g/mol. The van der Waals surface area contributed by atoms with Gasteiger partial charge in [-0.1, -0.05) is 273 Å². The maximum Gasteiger partial charge on any atom is 2.00 e. The van der Waals surface area contributed by atoms with Crippen molar-refractivity contribution in [2.24, 2.45) is 0 Å². The second-order valence-electron chi connectivity index (χ2n) is 13.0. The predicted octanol–water partition coefficient (Wildman–Crippen LogP) is 7.26. The van der Waals surface area contributed by atoms with Gasteiger partial charge in [-0.15, -0.1) is 0 Å². The van der Waals surface area contributed by atoms with Gasteiger partial charge in [0.2, 0.25) is 0 Å². The maximum absolute atomic E-state index is 8.00. The third kappa shape index (κ3) is 14.5. The molecule has 0 radical (unpaired) electrons. The summed E-state index contributed by atoms with van der Waals surface area (Å²) in [4.78, 5) is 8.00. The molecule has 0 saturated heterocycles. The summed E-state index contributed by atoms with van der Waals surface area (Å²) in [5.41, 5.74) is 0. The number of carbonyl (C=O) groups is 1. The number of hydrogen-bond donors (Lipinski definition) is 0. The van der Waals surface area contributed by atoms with E-state index in [2.05, 4.69) is 273 Å². The molecule has 0 fully saturated rings. The molecule has 0 aliphatic heterocycles. The second-order valence-corrected chi connectivity index (χ2v) is 19.7. The molecule has 0 aromatic heterocycles. The minimum Gasteiger partial charge on any atom is -1.00 e. The number of rotatable bonds is 9. The van der Waals surface area contributed by atoms with E-state index in [1.165, 1.54) is 47.7 Å². The summed E-state index contributed by atoms with van der Waals surface area (Å²) >= 11 is 0. The molecule has 0 saturated carbocycles. The molecule has 9 aromatic rings. The summed E-state index contributed by atoms with van der Waals surface area (Å²) in [6.45, 7) is 2.00. The van der Waals surface area contributed by atoms with Crippen LogP contribution in [0.15, 0.2) is 273 Å². The fourth-order valence-corrected chi connectivity index (χ4v) is 13.5. The van der Waals surface area contributed by atoms with Crippen LogP contribution in [0.3, 0.4) is 0 Å². The van der Waals surface area contributed by atoms with Crippen molar-refractivity contribution < 1.29 is 38.1 Å². The Hall–Kier alpha value is -5.15. The van der Waals surface area contributed by atoms with Crippen molar-refractivity contribution in [3.8, 4) is 0 Å². The first-order chi connectivity index (χ1) is 29.3. The molecule has 0 atom stereocenters. The van der Waals surface area contributed by atoms with Gasteiger partial charge in [-0.25, -0.2) is 0 Å². The van der Waals surface area contributed by atoms with Crippen molar-refractivity contribution >= 4 is 78.3 Å². The number of hydrogen-bond acceptors (Lipinski definition) is 1. The summed E-state index contributed by atoms with van der Waals surface area (Å²) in [7, 11) is -1.34. The quantitative estimate of drug-likeness (QED) is 0.110. The summed E-state index contributed by atoms with van der Waals surface area (Å²) < 4.78 is 0. The van der Waals surface area contributed by atoms with Gasteiger partial charge in [-0.05, 0) is 71.5 Å². The predicted molar refractivity (Wildman–Crippen MR) is 264 cm³/mol. The van der Waals surface area contributed by atoms with Crippen molar-refractivity contribution in [2.75, 3.05) is 0 Å². The third-order valence-corrected chi connectivity index (χ3v) is 16.5. The van der Waals surface area contributed by atoms with Crippen LogP contribution in [0.1, 0.15) is 1.43 Å². The Morgan fingerprint density at radius 2 is 0.295 bits per heavy atom. The van der Waals surface area contributed by atoms with Crippen LogP contribution in [0.5, 0.6) is 0 Å². The van der Waals surface area contributed by atoms with Crippen LogP contribution in [0.2, 0.25) is 0 Å². The molecule has 61 heavy (non-hydrogen) atoms. The average Bonchev–Trinajstić information content (AvgIpc) is 3.34. The Morgan fingerprint density at radius 3 is 0.377 bits per heavy atom. The van der Waals surface area contributed by atoms with Crippen molar-refractivity contribution in [1.82, 2.24) is 0 Å². The van der Waals surface area contributed by atoms with Gasteiger partial charge in [0, 0.05) is 0 Å². The molecule has 0 N–H and O–H groups in total. The summed E-state index contributed by atoms with van der Waals surface area (Å²) in [5.74, 6) is 0. The van der Waals surface area contributed by atoms with E-state index < -0.39 is 23.8 Å². The molecule has 0 amide bonds. The van der Waals surface area contributed by atoms with Gasteiger partial charge in [-0.3, -0.25) is 0 Å². The zero-order valence-corrected chi connectivity index (χ0v) is 38.8. The van der Waals surface area contributed by atoms with E-state index >= 15 is 0 Å². The number of benzene rings is 9. The Bertz CT molecular complexity index is 1900. The van der Waals surface area contributed by atoms with Crippen LogP contribution >= 0.6 is 23.8 Å². The number of carbonyl (C=O) groups excluding carboxylic acids is 1. The molecule has 9 rings (SSSR count). The Kier molecular flexibility index (Phi) is 22.0. The minimum absolute atomic E-state index is 0. The van der Waals surface area contributed by atoms with E-state index in [0.29, 0.717) is 0 Å². The van der Waals surface area contributed by atoms with E-state index in [1.54, 1.807) is 0 Å². The van der Waals surface area contributed by atoms with Gasteiger partial charge >= 0.3 is 19.5 Å². The van der Waals surface area contributed by atoms with Gasteiger partial charge in [0.1, 0.15) is 6.79 Å². The zero-order chi connectivity index (χ0) is 40.7. The average molecular weight is 954 g/mol. The topological polar surface area (TPSA) is 17.1 Å². The maximum atomic E-state index is 8.00. The van der Waals surface area contributed by atoms with Crippen LogP contribution in [0, 0.1) is 0 Å². The molecule has 0 spiro atoms. The first kappa shape index (κ1) is 48.5. The molecule has 0 bridgehead atoms. The van der Waals surface area contributed by atoms with Gasteiger partial charge in [-0.2, -0.15) is 0 Å². The molecule has 0 unspecified atom stereocenters. The smallest absolute Gasteiger partial charge is 1.00 e. The van der Waals surface area contributed by atoms with E-state index in [1.807, 2.05) is 6.79 Å². The molecule has 9 aromatic carbocycles. The second kappa shape index (κ2) is 27.6. The molecule has 0 aliphatic carbocycles. The van der Waals surface area contributed by atoms with E-state index in [-0.39, 0.29) is 33.3 Å². The van der Waals surface area contributed by atoms with Crippen molar-refractivity contribution in [3.05, 3.63) is 273 Å². The fraction of sp³-hybridized carbons (Fsp3) is 0. The van der Waals surface area contributed by atoms with Crippen LogP contribution < -0.4 is 60.1 Å². The zero-order valence-electron chi connectivity index (χ0n) is 34.7. The van der Waals surface area contributed by atoms with Crippen molar-refractivity contribution in [3.63, 3.8) is 0 Å². The van der Waals surface area contributed by atoms with Gasteiger partial charge < -0.3 is 18.6 Å². The molecule has 0 heterocycles. The molecular formula is C55H48ClOP3Ru. The van der Waals surface area contributed by atoms with E-state index in [9.17, 15) is 0 Å². The van der Waals surface area contributed by atoms with Gasteiger partial charge in [0.15, 0.2) is 0 Å². The largest absolute Gasteiger partial charge is 2.00 e. The molecule has 304 valence electrons. The normalized spacial score (nSPS) is 9.95. The molecule has 1 nitrogen and oxygen atoms in total. The van der Waals surface area contributed by atoms with Crippen LogP contribution in [0.4, 0.5) is 0 Å². The SMILES string of the molecule is C=O.[Cl-].[H-].[Ru+2].c1ccc(P(c2ccccc2)c2ccccc2)cc1.c1ccc(P(c2ccccc2)c2ccccc2)cc1.c1ccc(P(c2ccccc2)c2ccccc2)cc1. The summed E-state index contributed by atoms with van der Waals surface area (Å²) in [5, 5.41) is 12.6. The third-order valence-electron chi connectivity index (χ3n) is 9.13. The Morgan fingerprint density at radius 1 is 0.213 bits per heavy atom. The fourth-order valence-electron chi connectivity index (χ4n) is 6.54. The first-order valence-corrected chi connectivity index (χ1v) is 23.5. The summed E-state index contributed by atoms with van der Waals surface area (Å²) in [6.07, 6.45) is 0. The van der Waals surface area contributed by atoms with Crippen LogP contribution in [0.25, 0.3) is 0 Å². The van der Waals surface area contributed by atoms with Gasteiger partial charge in [0.05, 0.1) is 0 Å². The van der Waals surface area contributed by atoms with Crippen LogP contribution in [-0.4, -0.2) is 6.79 Å². The van der Waals surface area contributed by atoms with Crippen molar-refractivity contribution in [1.29, 1.82) is 0 Å². The standard InChI is InChI=1S/3C18H15P.CH2O.ClH.Ru.H/c3*1-4-10-16(11-5-1)19(17-12-6-2-7-13-17)18-14-8-3-9-15-18;1-2;;;/h3*1-15H;1H2;1H;;/q;;;;;+2;-1/p-1. The molecule has 0 aliphatic rings. The van der Waals surface area contributed by atoms with Crippen molar-refractivity contribution in [2.45, 2.75) is 0 Å². The Balaban J connectivity index is 0.000000237. The first-order valence-electron chi connectivity index (χ1n) is 19.5. The minimum atomic E-state index is -0.446. The summed E-state index contributed by atoms with van der Waals surface area (Å²) in [6, 6.07) is 97.0. The molecular weight excluding hydrogens is 906 g/mol.